The van der Waals surface area contributed by atoms with E-state index in [1.165, 1.54) is 0 Å². The molecule has 0 radical (unpaired) electrons. The van der Waals surface area contributed by atoms with Crippen molar-refractivity contribution in [2.75, 3.05) is 6.54 Å². The van der Waals surface area contributed by atoms with E-state index >= 15 is 0 Å². The summed E-state index contributed by atoms with van der Waals surface area (Å²) in [6.45, 7) is 0.0810. The lowest BCUT2D eigenvalue weighted by molar-refractivity contribution is -0.355. The quantitative estimate of drug-likeness (QED) is 0.548. The van der Waals surface area contributed by atoms with E-state index in [4.69, 9.17) is 5.73 Å². The average Bonchev–Trinajstić information content (AvgIpc) is 2.81. The van der Waals surface area contributed by atoms with Gasteiger partial charge in [-0.15, -0.1) is 0 Å². The summed E-state index contributed by atoms with van der Waals surface area (Å²) in [6.07, 6.45) is 2.20. The van der Waals surface area contributed by atoms with Gasteiger partial charge in [-0.1, -0.05) is 18.2 Å². The van der Waals surface area contributed by atoms with Crippen molar-refractivity contribution >= 4 is 22.7 Å². The van der Waals surface area contributed by atoms with Crippen LogP contribution in [0.25, 0.3) is 10.9 Å². The fraction of sp³-hybridized carbons (Fsp3) is 0.231. The highest BCUT2D eigenvalue weighted by molar-refractivity contribution is 5.88. The highest BCUT2D eigenvalue weighted by Gasteiger charge is 2.20. The van der Waals surface area contributed by atoms with E-state index in [2.05, 4.69) is 16.0 Å². The van der Waals surface area contributed by atoms with Gasteiger partial charge in [-0.2, -0.15) is 0 Å². The monoisotopic (exact) mass is 261 g/mol. The maximum atomic E-state index is 11.4. The fourth-order valence-electron chi connectivity index (χ4n) is 2.01. The summed E-state index contributed by atoms with van der Waals surface area (Å²) in [5.74, 6) is -0.837. The first-order valence-electron chi connectivity index (χ1n) is 6.04. The molecule has 19 heavy (non-hydrogen) atoms. The summed E-state index contributed by atoms with van der Waals surface area (Å²) in [6, 6.07) is 7.05. The maximum Gasteiger partial charge on any atom is 0.275 e. The molecule has 0 spiro atoms. The molecule has 100 valence electrons. The molecular weight excluding hydrogens is 244 g/mol. The number of carbonyl (C=O) groups excluding carboxylic acids is 2. The first kappa shape index (κ1) is 13.1. The Hall–Kier alpha value is -2.34. The van der Waals surface area contributed by atoms with Crippen molar-refractivity contribution in [2.24, 2.45) is 5.73 Å². The molecule has 1 aromatic carbocycles. The van der Waals surface area contributed by atoms with Gasteiger partial charge in [-0.05, 0) is 11.6 Å². The van der Waals surface area contributed by atoms with Crippen LogP contribution in [0.3, 0.4) is 0 Å². The number of benzene rings is 1. The molecule has 0 fully saturated rings. The van der Waals surface area contributed by atoms with Crippen LogP contribution in [-0.4, -0.2) is 29.4 Å². The molecule has 0 saturated carbocycles. The van der Waals surface area contributed by atoms with E-state index < -0.39 is 11.9 Å². The number of hydrogen-bond acceptors (Lipinski definition) is 2. The molecular formula is C13H17N4O2+. The van der Waals surface area contributed by atoms with Crippen molar-refractivity contribution in [3.05, 3.63) is 36.0 Å². The lowest BCUT2D eigenvalue weighted by atomic mass is 10.0. The number of primary amides is 1. The normalized spacial score (nSPS) is 12.3. The number of rotatable bonds is 5. The molecule has 0 aliphatic heterocycles. The van der Waals surface area contributed by atoms with Crippen molar-refractivity contribution in [2.45, 2.75) is 12.5 Å². The molecule has 6 heteroatoms. The highest BCUT2D eigenvalue weighted by atomic mass is 16.2. The van der Waals surface area contributed by atoms with Crippen LogP contribution in [0.5, 0.6) is 0 Å². The molecule has 1 heterocycles. The number of nitrogens with two attached hydrogens (primary N) is 1. The number of carbonyl (C=O) groups is 2. The summed E-state index contributed by atoms with van der Waals surface area (Å²) >= 11 is 0. The largest absolute Gasteiger partial charge is 0.368 e. The van der Waals surface area contributed by atoms with Gasteiger partial charge in [0.15, 0.2) is 6.54 Å². The average molecular weight is 261 g/mol. The zero-order valence-corrected chi connectivity index (χ0v) is 10.5. The van der Waals surface area contributed by atoms with Crippen molar-refractivity contribution in [1.29, 1.82) is 0 Å². The number of aromatic amines is 1. The van der Waals surface area contributed by atoms with Crippen LogP contribution in [0.2, 0.25) is 0 Å². The van der Waals surface area contributed by atoms with Gasteiger partial charge in [0.25, 0.3) is 5.91 Å². The number of fused-ring (bicyclic) bond motifs is 1. The van der Waals surface area contributed by atoms with Gasteiger partial charge in [0.2, 0.25) is 5.91 Å². The molecule has 2 aromatic rings. The second-order valence-corrected chi connectivity index (χ2v) is 4.34. The number of amides is 2. The smallest absolute Gasteiger partial charge is 0.275 e. The first-order chi connectivity index (χ1) is 9.11. The SMILES string of the molecule is NC(=O)[C@H](Cc1c[nH]c2ccccc12)NC(=O)C[NH3+]. The van der Waals surface area contributed by atoms with Crippen LogP contribution in [-0.2, 0) is 16.0 Å². The zero-order valence-electron chi connectivity index (χ0n) is 10.5. The van der Waals surface area contributed by atoms with Gasteiger partial charge in [0, 0.05) is 23.5 Å². The third-order valence-corrected chi connectivity index (χ3v) is 3.00. The maximum absolute atomic E-state index is 11.4. The van der Waals surface area contributed by atoms with Crippen LogP contribution < -0.4 is 16.8 Å². The number of aromatic nitrogens is 1. The van der Waals surface area contributed by atoms with Gasteiger partial charge in [-0.3, -0.25) is 9.59 Å². The minimum absolute atomic E-state index is 0.0810. The Kier molecular flexibility index (Phi) is 3.82. The Morgan fingerprint density at radius 2 is 2.11 bits per heavy atom. The summed E-state index contributed by atoms with van der Waals surface area (Å²) in [4.78, 5) is 25.8. The lowest BCUT2D eigenvalue weighted by Crippen LogP contribution is -2.60. The standard InChI is InChI=1S/C13H16N4O2/c14-6-12(18)17-11(13(15)19)5-8-7-16-10-4-2-1-3-9(8)10/h1-4,7,11,16H,5-6,14H2,(H2,15,19)(H,17,18)/p+1/t11-/m0/s1. The van der Waals surface area contributed by atoms with Crippen LogP contribution in [0.15, 0.2) is 30.5 Å². The Bertz CT molecular complexity index is 605. The molecule has 0 aliphatic rings. The molecule has 0 bridgehead atoms. The molecule has 0 saturated heterocycles. The topological polar surface area (TPSA) is 116 Å². The predicted molar refractivity (Wildman–Crippen MR) is 70.9 cm³/mol. The Balaban J connectivity index is 2.21. The fourth-order valence-corrected chi connectivity index (χ4v) is 2.01. The van der Waals surface area contributed by atoms with Crippen LogP contribution in [0, 0.1) is 0 Å². The second kappa shape index (κ2) is 5.53. The van der Waals surface area contributed by atoms with E-state index in [1.807, 2.05) is 30.5 Å². The summed E-state index contributed by atoms with van der Waals surface area (Å²) in [5, 5.41) is 3.60. The van der Waals surface area contributed by atoms with Gasteiger partial charge >= 0.3 is 0 Å². The van der Waals surface area contributed by atoms with Gasteiger partial charge in [0.05, 0.1) is 0 Å². The van der Waals surface area contributed by atoms with Crippen LogP contribution in [0.4, 0.5) is 0 Å². The number of H-pyrrole nitrogens is 1. The van der Waals surface area contributed by atoms with E-state index in [-0.39, 0.29) is 12.5 Å². The molecule has 6 nitrogen and oxygen atoms in total. The Morgan fingerprint density at radius 3 is 2.79 bits per heavy atom. The van der Waals surface area contributed by atoms with Crippen LogP contribution >= 0.6 is 0 Å². The first-order valence-corrected chi connectivity index (χ1v) is 6.04. The summed E-state index contributed by atoms with van der Waals surface area (Å²) < 4.78 is 0. The number of hydrogen-bond donors (Lipinski definition) is 4. The molecule has 1 atom stereocenters. The highest BCUT2D eigenvalue weighted by Crippen LogP contribution is 2.18. The van der Waals surface area contributed by atoms with Crippen LogP contribution in [0.1, 0.15) is 5.56 Å². The molecule has 1 aromatic heterocycles. The molecule has 2 amide bonds. The summed E-state index contributed by atoms with van der Waals surface area (Å²) in [7, 11) is 0. The Morgan fingerprint density at radius 1 is 1.37 bits per heavy atom. The minimum Gasteiger partial charge on any atom is -0.368 e. The van der Waals surface area contributed by atoms with E-state index in [0.29, 0.717) is 6.42 Å². The third kappa shape index (κ3) is 2.92. The van der Waals surface area contributed by atoms with E-state index in [1.54, 1.807) is 0 Å². The number of nitrogens with one attached hydrogen (secondary N) is 2. The lowest BCUT2D eigenvalue weighted by Gasteiger charge is -2.13. The van der Waals surface area contributed by atoms with Crippen molar-refractivity contribution < 1.29 is 15.3 Å². The van der Waals surface area contributed by atoms with Gasteiger partial charge in [0.1, 0.15) is 6.04 Å². The third-order valence-electron chi connectivity index (χ3n) is 3.00. The van der Waals surface area contributed by atoms with Crippen molar-refractivity contribution in [1.82, 2.24) is 10.3 Å². The molecule has 2 rings (SSSR count). The molecule has 7 N–H and O–H groups in total. The number of quaternary nitrogens is 1. The Labute approximate surface area is 110 Å². The van der Waals surface area contributed by atoms with Gasteiger partial charge in [-0.25, -0.2) is 0 Å². The predicted octanol–water partition coefficient (Wildman–Crippen LogP) is -1.08. The van der Waals surface area contributed by atoms with E-state index in [9.17, 15) is 9.59 Å². The zero-order chi connectivity index (χ0) is 13.8. The van der Waals surface area contributed by atoms with Crippen molar-refractivity contribution in [3.63, 3.8) is 0 Å². The molecule has 0 aliphatic carbocycles. The minimum atomic E-state index is -0.714. The summed E-state index contributed by atoms with van der Waals surface area (Å²) in [5.41, 5.74) is 10.7. The molecule has 0 unspecified atom stereocenters. The van der Waals surface area contributed by atoms with Crippen molar-refractivity contribution in [3.8, 4) is 0 Å². The van der Waals surface area contributed by atoms with E-state index in [0.717, 1.165) is 16.5 Å². The second-order valence-electron chi connectivity index (χ2n) is 4.34. The van der Waals surface area contributed by atoms with Gasteiger partial charge < -0.3 is 21.8 Å². The number of para-hydroxylation sites is 1.